The van der Waals surface area contributed by atoms with E-state index < -0.39 is 0 Å². The highest BCUT2D eigenvalue weighted by atomic mass is 15.0. The SMILES string of the molecule is CC1=NC(C)CNC(C)(C)C1. The normalized spacial score (nSPS) is 30.9. The summed E-state index contributed by atoms with van der Waals surface area (Å²) in [6.45, 7) is 9.72. The Morgan fingerprint density at radius 1 is 1.55 bits per heavy atom. The van der Waals surface area contributed by atoms with Crippen LogP contribution in [0.25, 0.3) is 0 Å². The molecule has 1 unspecified atom stereocenters. The predicted octanol–water partition coefficient (Wildman–Crippen LogP) is 1.61. The minimum Gasteiger partial charge on any atom is -0.309 e. The van der Waals surface area contributed by atoms with Crippen molar-refractivity contribution in [2.45, 2.75) is 45.7 Å². The fourth-order valence-electron chi connectivity index (χ4n) is 1.59. The third-order valence-electron chi connectivity index (χ3n) is 2.01. The summed E-state index contributed by atoms with van der Waals surface area (Å²) in [5.74, 6) is 0. The first kappa shape index (κ1) is 8.72. The summed E-state index contributed by atoms with van der Waals surface area (Å²) in [6, 6.07) is 0.441. The topological polar surface area (TPSA) is 24.4 Å². The van der Waals surface area contributed by atoms with Gasteiger partial charge in [-0.15, -0.1) is 0 Å². The van der Waals surface area contributed by atoms with Crippen molar-refractivity contribution in [3.8, 4) is 0 Å². The molecule has 0 fully saturated rings. The van der Waals surface area contributed by atoms with Gasteiger partial charge in [0.05, 0.1) is 6.04 Å². The Balaban J connectivity index is 2.68. The van der Waals surface area contributed by atoms with Crippen LogP contribution < -0.4 is 5.32 Å². The van der Waals surface area contributed by atoms with Crippen molar-refractivity contribution < 1.29 is 0 Å². The Kier molecular flexibility index (Phi) is 2.33. The second kappa shape index (κ2) is 2.94. The Labute approximate surface area is 69.1 Å². The molecule has 0 saturated heterocycles. The lowest BCUT2D eigenvalue weighted by Gasteiger charge is -2.23. The average molecular weight is 154 g/mol. The molecule has 1 N–H and O–H groups in total. The zero-order chi connectivity index (χ0) is 8.48. The fraction of sp³-hybridized carbons (Fsp3) is 0.889. The molecule has 1 aliphatic rings. The molecule has 0 spiro atoms. The highest BCUT2D eigenvalue weighted by molar-refractivity contribution is 5.83. The fourth-order valence-corrected chi connectivity index (χ4v) is 1.59. The molecule has 1 rings (SSSR count). The van der Waals surface area contributed by atoms with Crippen molar-refractivity contribution in [2.24, 2.45) is 4.99 Å². The average Bonchev–Trinajstić information content (AvgIpc) is 1.90. The second-order valence-electron chi connectivity index (χ2n) is 4.15. The van der Waals surface area contributed by atoms with Crippen LogP contribution >= 0.6 is 0 Å². The summed E-state index contributed by atoms with van der Waals surface area (Å²) in [5.41, 5.74) is 1.51. The molecular formula is C9H18N2. The zero-order valence-electron chi connectivity index (χ0n) is 7.94. The van der Waals surface area contributed by atoms with Crippen molar-refractivity contribution in [1.82, 2.24) is 5.32 Å². The van der Waals surface area contributed by atoms with Crippen LogP contribution in [0.2, 0.25) is 0 Å². The van der Waals surface area contributed by atoms with Crippen LogP contribution in [0.3, 0.4) is 0 Å². The van der Waals surface area contributed by atoms with Crippen LogP contribution in [0, 0.1) is 0 Å². The number of hydrogen-bond donors (Lipinski definition) is 1. The first-order chi connectivity index (χ1) is 4.99. The molecule has 1 aliphatic heterocycles. The number of rotatable bonds is 0. The van der Waals surface area contributed by atoms with Gasteiger partial charge in [0, 0.05) is 24.2 Å². The highest BCUT2D eigenvalue weighted by Gasteiger charge is 2.21. The molecule has 64 valence electrons. The van der Waals surface area contributed by atoms with E-state index in [4.69, 9.17) is 0 Å². The molecule has 1 atom stereocenters. The minimum absolute atomic E-state index is 0.234. The van der Waals surface area contributed by atoms with Crippen LogP contribution in [0.4, 0.5) is 0 Å². The number of nitrogens with one attached hydrogen (secondary N) is 1. The van der Waals surface area contributed by atoms with Crippen molar-refractivity contribution >= 4 is 5.71 Å². The van der Waals surface area contributed by atoms with Gasteiger partial charge in [0.25, 0.3) is 0 Å². The number of aliphatic imine (C=N–C) groups is 1. The molecule has 0 aromatic carbocycles. The molecule has 2 nitrogen and oxygen atoms in total. The quantitative estimate of drug-likeness (QED) is 0.563. The van der Waals surface area contributed by atoms with Crippen LogP contribution in [0.15, 0.2) is 4.99 Å². The van der Waals surface area contributed by atoms with Gasteiger partial charge in [-0.3, -0.25) is 4.99 Å². The van der Waals surface area contributed by atoms with Gasteiger partial charge in [-0.05, 0) is 27.7 Å². The molecule has 2 heteroatoms. The molecule has 0 radical (unpaired) electrons. The molecule has 11 heavy (non-hydrogen) atoms. The molecule has 0 bridgehead atoms. The maximum atomic E-state index is 4.53. The summed E-state index contributed by atoms with van der Waals surface area (Å²) in [5, 5.41) is 3.49. The van der Waals surface area contributed by atoms with E-state index >= 15 is 0 Å². The van der Waals surface area contributed by atoms with Gasteiger partial charge in [0.2, 0.25) is 0 Å². The van der Waals surface area contributed by atoms with Crippen LogP contribution in [0.5, 0.6) is 0 Å². The largest absolute Gasteiger partial charge is 0.309 e. The summed E-state index contributed by atoms with van der Waals surface area (Å²) >= 11 is 0. The van der Waals surface area contributed by atoms with E-state index in [1.54, 1.807) is 0 Å². The Morgan fingerprint density at radius 3 is 2.82 bits per heavy atom. The molecule has 0 amide bonds. The van der Waals surface area contributed by atoms with Crippen molar-refractivity contribution in [3.63, 3.8) is 0 Å². The highest BCUT2D eigenvalue weighted by Crippen LogP contribution is 2.13. The summed E-state index contributed by atoms with van der Waals surface area (Å²) < 4.78 is 0. The zero-order valence-corrected chi connectivity index (χ0v) is 7.94. The van der Waals surface area contributed by atoms with Crippen molar-refractivity contribution in [2.75, 3.05) is 6.54 Å². The monoisotopic (exact) mass is 154 g/mol. The molecule has 0 saturated carbocycles. The predicted molar refractivity (Wildman–Crippen MR) is 49.3 cm³/mol. The van der Waals surface area contributed by atoms with E-state index in [1.165, 1.54) is 5.71 Å². The molecular weight excluding hydrogens is 136 g/mol. The van der Waals surface area contributed by atoms with Crippen LogP contribution in [0.1, 0.15) is 34.1 Å². The van der Waals surface area contributed by atoms with E-state index in [0.29, 0.717) is 6.04 Å². The molecule has 0 aromatic heterocycles. The van der Waals surface area contributed by atoms with Gasteiger partial charge in [0.15, 0.2) is 0 Å². The van der Waals surface area contributed by atoms with E-state index in [2.05, 4.69) is 38.0 Å². The summed E-state index contributed by atoms with van der Waals surface area (Å²) in [6.07, 6.45) is 1.07. The van der Waals surface area contributed by atoms with Crippen LogP contribution in [-0.4, -0.2) is 23.8 Å². The standard InChI is InChI=1S/C9H18N2/c1-7-5-9(3,4)10-6-8(2)11-7/h8,10H,5-6H2,1-4H3. The van der Waals surface area contributed by atoms with Gasteiger partial charge in [-0.25, -0.2) is 0 Å². The van der Waals surface area contributed by atoms with E-state index in [-0.39, 0.29) is 5.54 Å². The lowest BCUT2D eigenvalue weighted by molar-refractivity contribution is 0.403. The van der Waals surface area contributed by atoms with Gasteiger partial charge in [-0.1, -0.05) is 0 Å². The molecule has 0 aromatic rings. The first-order valence-corrected chi connectivity index (χ1v) is 4.28. The number of nitrogens with zero attached hydrogens (tertiary/aromatic N) is 1. The first-order valence-electron chi connectivity index (χ1n) is 4.28. The number of hydrogen-bond acceptors (Lipinski definition) is 2. The third kappa shape index (κ3) is 2.62. The minimum atomic E-state index is 0.234. The Bertz CT molecular complexity index is 170. The van der Waals surface area contributed by atoms with E-state index in [9.17, 15) is 0 Å². The summed E-state index contributed by atoms with van der Waals surface area (Å²) in [4.78, 5) is 4.53. The van der Waals surface area contributed by atoms with E-state index in [1.807, 2.05) is 0 Å². The van der Waals surface area contributed by atoms with Gasteiger partial charge in [0.1, 0.15) is 0 Å². The smallest absolute Gasteiger partial charge is 0.0595 e. The van der Waals surface area contributed by atoms with E-state index in [0.717, 1.165) is 13.0 Å². The van der Waals surface area contributed by atoms with Crippen molar-refractivity contribution in [1.29, 1.82) is 0 Å². The lowest BCUT2D eigenvalue weighted by Crippen LogP contribution is -2.41. The maximum Gasteiger partial charge on any atom is 0.0595 e. The van der Waals surface area contributed by atoms with Gasteiger partial charge >= 0.3 is 0 Å². The van der Waals surface area contributed by atoms with Gasteiger partial charge < -0.3 is 5.32 Å². The van der Waals surface area contributed by atoms with Crippen LogP contribution in [-0.2, 0) is 0 Å². The maximum absolute atomic E-state index is 4.53. The molecule has 0 aliphatic carbocycles. The van der Waals surface area contributed by atoms with Gasteiger partial charge in [-0.2, -0.15) is 0 Å². The summed E-state index contributed by atoms with van der Waals surface area (Å²) in [7, 11) is 0. The molecule has 1 heterocycles. The Hall–Kier alpha value is -0.370. The van der Waals surface area contributed by atoms with Crippen molar-refractivity contribution in [3.05, 3.63) is 0 Å². The third-order valence-corrected chi connectivity index (χ3v) is 2.01. The lowest BCUT2D eigenvalue weighted by atomic mass is 9.98. The second-order valence-corrected chi connectivity index (χ2v) is 4.15. The Morgan fingerprint density at radius 2 is 2.18 bits per heavy atom.